The molecule has 14 heavy (non-hydrogen) atoms. The smallest absolute Gasteiger partial charge is 0.0233 e. The number of hydrogen-bond donors (Lipinski definition) is 0. The van der Waals surface area contributed by atoms with Gasteiger partial charge in [0.05, 0.1) is 0 Å². The van der Waals surface area contributed by atoms with Gasteiger partial charge in [0, 0.05) is 19.6 Å². The Labute approximate surface area is 86.1 Å². The number of hydrogen-bond acceptors (Lipinski definition) is 1. The number of rotatable bonds is 3. The molecule has 1 aliphatic rings. The summed E-state index contributed by atoms with van der Waals surface area (Å²) in [5.74, 6) is 0. The van der Waals surface area contributed by atoms with Gasteiger partial charge in [-0.25, -0.2) is 0 Å². The second-order valence-corrected chi connectivity index (χ2v) is 3.71. The highest BCUT2D eigenvalue weighted by Crippen LogP contribution is 2.04. The highest BCUT2D eigenvalue weighted by Gasteiger charge is 2.05. The highest BCUT2D eigenvalue weighted by atomic mass is 15.1. The van der Waals surface area contributed by atoms with E-state index in [4.69, 9.17) is 0 Å². The van der Waals surface area contributed by atoms with Crippen molar-refractivity contribution >= 4 is 0 Å². The monoisotopic (exact) mass is 186 g/mol. The molecule has 0 saturated carbocycles. The first-order valence-electron chi connectivity index (χ1n) is 5.26. The van der Waals surface area contributed by atoms with Gasteiger partial charge in [-0.15, -0.1) is 0 Å². The molecule has 0 aromatic heterocycles. The Balaban J connectivity index is 1.80. The lowest BCUT2D eigenvalue weighted by molar-refractivity contribution is 0.298. The Morgan fingerprint density at radius 1 is 1.21 bits per heavy atom. The van der Waals surface area contributed by atoms with E-state index in [0.717, 1.165) is 25.9 Å². The fourth-order valence-electron chi connectivity index (χ4n) is 1.74. The van der Waals surface area contributed by atoms with Crippen molar-refractivity contribution in [3.63, 3.8) is 0 Å². The van der Waals surface area contributed by atoms with Crippen molar-refractivity contribution in [1.29, 1.82) is 0 Å². The molecule has 0 fully saturated rings. The molecule has 1 aliphatic heterocycles. The summed E-state index contributed by atoms with van der Waals surface area (Å²) in [6.45, 7) is 3.36. The molecule has 73 valence electrons. The average Bonchev–Trinajstić information content (AvgIpc) is 2.29. The minimum Gasteiger partial charge on any atom is -0.298 e. The molecular formula is C13H16N. The molecule has 0 bridgehead atoms. The zero-order chi connectivity index (χ0) is 9.64. The maximum atomic E-state index is 3.27. The van der Waals surface area contributed by atoms with E-state index >= 15 is 0 Å². The third-order valence-corrected chi connectivity index (χ3v) is 2.61. The van der Waals surface area contributed by atoms with E-state index in [0.29, 0.717) is 0 Å². The van der Waals surface area contributed by atoms with Crippen LogP contribution < -0.4 is 0 Å². The minimum absolute atomic E-state index is 1.01. The first-order valence-corrected chi connectivity index (χ1v) is 5.26. The summed E-state index contributed by atoms with van der Waals surface area (Å²) in [6, 6.07) is 10.7. The Bertz CT molecular complexity index is 289. The molecule has 0 unspecified atom stereocenters. The van der Waals surface area contributed by atoms with Gasteiger partial charge in [-0.3, -0.25) is 4.90 Å². The first-order chi connectivity index (χ1) is 6.95. The molecule has 1 radical (unpaired) electrons. The summed E-state index contributed by atoms with van der Waals surface area (Å²) >= 11 is 0. The van der Waals surface area contributed by atoms with Gasteiger partial charge < -0.3 is 0 Å². The highest BCUT2D eigenvalue weighted by molar-refractivity contribution is 5.14. The van der Waals surface area contributed by atoms with Crippen molar-refractivity contribution in [2.75, 3.05) is 19.6 Å². The third kappa shape index (κ3) is 2.71. The van der Waals surface area contributed by atoms with Crippen LogP contribution in [0.25, 0.3) is 0 Å². The molecule has 0 saturated heterocycles. The third-order valence-electron chi connectivity index (χ3n) is 2.61. The van der Waals surface area contributed by atoms with Crippen LogP contribution in [-0.4, -0.2) is 24.5 Å². The largest absolute Gasteiger partial charge is 0.298 e. The quantitative estimate of drug-likeness (QED) is 0.700. The van der Waals surface area contributed by atoms with E-state index in [2.05, 4.69) is 47.4 Å². The minimum atomic E-state index is 1.01. The number of nitrogens with zero attached hydrogens (tertiary/aromatic N) is 1. The van der Waals surface area contributed by atoms with Crippen LogP contribution in [-0.2, 0) is 6.42 Å². The molecule has 0 aliphatic carbocycles. The number of benzene rings is 1. The zero-order valence-corrected chi connectivity index (χ0v) is 8.45. The molecule has 1 heterocycles. The van der Waals surface area contributed by atoms with Crippen LogP contribution in [0.15, 0.2) is 36.4 Å². The van der Waals surface area contributed by atoms with Crippen LogP contribution in [0.2, 0.25) is 0 Å². The van der Waals surface area contributed by atoms with Crippen molar-refractivity contribution in [3.8, 4) is 0 Å². The summed E-state index contributed by atoms with van der Waals surface area (Å²) in [5.41, 5.74) is 1.43. The van der Waals surface area contributed by atoms with E-state index in [-0.39, 0.29) is 0 Å². The topological polar surface area (TPSA) is 3.24 Å². The lowest BCUT2D eigenvalue weighted by Crippen LogP contribution is -2.29. The summed E-state index contributed by atoms with van der Waals surface area (Å²) < 4.78 is 0. The van der Waals surface area contributed by atoms with Crippen molar-refractivity contribution < 1.29 is 0 Å². The molecule has 0 spiro atoms. The van der Waals surface area contributed by atoms with Gasteiger partial charge in [-0.05, 0) is 24.5 Å². The summed E-state index contributed by atoms with van der Waals surface area (Å²) in [4.78, 5) is 2.45. The average molecular weight is 186 g/mol. The second kappa shape index (κ2) is 4.97. The van der Waals surface area contributed by atoms with Crippen molar-refractivity contribution in [1.82, 2.24) is 4.90 Å². The summed E-state index contributed by atoms with van der Waals surface area (Å²) in [7, 11) is 0. The lowest BCUT2D eigenvalue weighted by atomic mass is 10.1. The van der Waals surface area contributed by atoms with Gasteiger partial charge in [0.15, 0.2) is 0 Å². The zero-order valence-electron chi connectivity index (χ0n) is 8.45. The molecule has 1 aromatic rings. The first kappa shape index (κ1) is 9.47. The fraction of sp³-hybridized carbons (Fsp3) is 0.385. The molecule has 0 amide bonds. The SMILES string of the molecule is [C]1=CCCN(CCc2ccccc2)C1. The Morgan fingerprint density at radius 3 is 2.79 bits per heavy atom. The molecule has 1 nitrogen and oxygen atoms in total. The van der Waals surface area contributed by atoms with Crippen LogP contribution in [0.5, 0.6) is 0 Å². The molecule has 1 heteroatoms. The van der Waals surface area contributed by atoms with E-state index in [1.807, 2.05) is 0 Å². The van der Waals surface area contributed by atoms with E-state index in [1.165, 1.54) is 12.1 Å². The van der Waals surface area contributed by atoms with Crippen LogP contribution in [0.4, 0.5) is 0 Å². The molecule has 1 aromatic carbocycles. The fourth-order valence-corrected chi connectivity index (χ4v) is 1.74. The lowest BCUT2D eigenvalue weighted by Gasteiger charge is -2.22. The van der Waals surface area contributed by atoms with E-state index in [9.17, 15) is 0 Å². The Morgan fingerprint density at radius 2 is 2.07 bits per heavy atom. The predicted octanol–water partition coefficient (Wildman–Crippen LogP) is 2.29. The summed E-state index contributed by atoms with van der Waals surface area (Å²) in [5, 5.41) is 0. The van der Waals surface area contributed by atoms with Crippen LogP contribution >= 0.6 is 0 Å². The van der Waals surface area contributed by atoms with Gasteiger partial charge in [0.25, 0.3) is 0 Å². The molecule has 0 atom stereocenters. The van der Waals surface area contributed by atoms with Crippen LogP contribution in [0, 0.1) is 6.08 Å². The maximum Gasteiger partial charge on any atom is 0.0233 e. The van der Waals surface area contributed by atoms with Crippen molar-refractivity contribution in [2.45, 2.75) is 12.8 Å². The van der Waals surface area contributed by atoms with Crippen molar-refractivity contribution in [3.05, 3.63) is 48.0 Å². The van der Waals surface area contributed by atoms with Crippen molar-refractivity contribution in [2.24, 2.45) is 0 Å². The van der Waals surface area contributed by atoms with Crippen LogP contribution in [0.3, 0.4) is 0 Å². The maximum absolute atomic E-state index is 3.27. The van der Waals surface area contributed by atoms with Crippen LogP contribution in [0.1, 0.15) is 12.0 Å². The van der Waals surface area contributed by atoms with Gasteiger partial charge in [-0.1, -0.05) is 36.4 Å². The molecule has 2 rings (SSSR count). The Hall–Kier alpha value is -1.08. The Kier molecular flexibility index (Phi) is 3.36. The van der Waals surface area contributed by atoms with Gasteiger partial charge >= 0.3 is 0 Å². The standard InChI is InChI=1S/C13H16N/c1-3-7-13(8-4-1)9-12-14-10-5-2-6-11-14/h1-4,7-8H,5,9-12H2. The second-order valence-electron chi connectivity index (χ2n) is 3.71. The molecule has 0 N–H and O–H groups in total. The molecular weight excluding hydrogens is 170 g/mol. The van der Waals surface area contributed by atoms with E-state index < -0.39 is 0 Å². The van der Waals surface area contributed by atoms with Gasteiger partial charge in [0.1, 0.15) is 0 Å². The van der Waals surface area contributed by atoms with Gasteiger partial charge in [0.2, 0.25) is 0 Å². The summed E-state index contributed by atoms with van der Waals surface area (Å²) in [6.07, 6.45) is 7.74. The van der Waals surface area contributed by atoms with Gasteiger partial charge in [-0.2, -0.15) is 0 Å². The normalized spacial score (nSPS) is 17.1. The predicted molar refractivity (Wildman–Crippen MR) is 59.0 cm³/mol. The van der Waals surface area contributed by atoms with E-state index in [1.54, 1.807) is 0 Å².